The molecule has 2 atom stereocenters. The van der Waals surface area contributed by atoms with E-state index in [4.69, 9.17) is 38.4 Å². The Kier molecular flexibility index (Phi) is 13.4. The quantitative estimate of drug-likeness (QED) is 0.119. The number of sulfonamides is 2. The van der Waals surface area contributed by atoms with Gasteiger partial charge in [0.25, 0.3) is 0 Å². The minimum atomic E-state index is -3.94. The highest BCUT2D eigenvalue weighted by molar-refractivity contribution is 7.89. The Morgan fingerprint density at radius 2 is 0.879 bits per heavy atom. The van der Waals surface area contributed by atoms with Gasteiger partial charge in [-0.15, -0.1) is 22.7 Å². The van der Waals surface area contributed by atoms with Crippen LogP contribution in [-0.2, 0) is 20.0 Å². The Balaban J connectivity index is 0.000000166. The first-order valence-electron chi connectivity index (χ1n) is 20.9. The van der Waals surface area contributed by atoms with Gasteiger partial charge in [-0.1, -0.05) is 60.7 Å². The number of fused-ring (bicyclic) bond motifs is 4. The molecule has 2 aromatic heterocycles. The summed E-state index contributed by atoms with van der Waals surface area (Å²) < 4.78 is 95.4. The first-order valence-corrected chi connectivity index (χ1v) is 25.5. The Morgan fingerprint density at radius 1 is 0.500 bits per heavy atom. The Bertz CT molecular complexity index is 2950. The lowest BCUT2D eigenvalue weighted by Crippen LogP contribution is -2.29. The molecule has 2 aliphatic heterocycles. The van der Waals surface area contributed by atoms with Crippen LogP contribution in [0.15, 0.2) is 143 Å². The van der Waals surface area contributed by atoms with Crippen molar-refractivity contribution in [2.24, 2.45) is 0 Å². The maximum Gasteiger partial charge on any atom is 0.241 e. The molecular weight excluding hydrogens is 921 g/mol. The lowest BCUT2D eigenvalue weighted by Gasteiger charge is -2.20. The summed E-state index contributed by atoms with van der Waals surface area (Å²) in [5.41, 5.74) is 2.98. The van der Waals surface area contributed by atoms with Gasteiger partial charge in [0.15, 0.2) is 23.0 Å². The molecule has 0 fully saturated rings. The van der Waals surface area contributed by atoms with Crippen LogP contribution in [0.5, 0.6) is 34.5 Å². The van der Waals surface area contributed by atoms with Crippen LogP contribution in [-0.4, -0.2) is 67.5 Å². The molecule has 0 amide bonds. The summed E-state index contributed by atoms with van der Waals surface area (Å²) in [5, 5.41) is 1.25. The second-order valence-electron chi connectivity index (χ2n) is 15.0. The molecule has 340 valence electrons. The van der Waals surface area contributed by atoms with Crippen molar-refractivity contribution in [1.82, 2.24) is 19.4 Å². The van der Waals surface area contributed by atoms with Crippen LogP contribution in [0.25, 0.3) is 20.4 Å². The highest BCUT2D eigenvalue weighted by Gasteiger charge is 2.31. The van der Waals surface area contributed by atoms with E-state index in [-0.39, 0.29) is 9.79 Å². The molecule has 2 N–H and O–H groups in total. The summed E-state index contributed by atoms with van der Waals surface area (Å²) >= 11 is 2.89. The lowest BCUT2D eigenvalue weighted by atomic mass is 10.1. The van der Waals surface area contributed by atoms with E-state index in [1.54, 1.807) is 38.5 Å². The zero-order valence-electron chi connectivity index (χ0n) is 35.7. The van der Waals surface area contributed by atoms with Crippen LogP contribution in [0.2, 0.25) is 0 Å². The molecule has 18 heteroatoms. The number of aromatic nitrogens is 2. The van der Waals surface area contributed by atoms with Crippen LogP contribution in [0.4, 0.5) is 0 Å². The van der Waals surface area contributed by atoms with Crippen molar-refractivity contribution < 1.29 is 45.3 Å². The fraction of sp³-hybridized carbons (Fsp3) is 0.208. The molecule has 10 rings (SSSR count). The smallest absolute Gasteiger partial charge is 0.241 e. The number of nitrogens with zero attached hydrogens (tertiary/aromatic N) is 2. The SMILES string of the molecule is COc1ccccc1[C@@H](NS(=O)(=O)c1ccc2c(c1)OCCCO2)c1nc2ccccc2s1.COc1ccccc1[C@H](NS(=O)(=O)c1ccc2c(c1)OCCCO2)c1nc2ccccc2s1. The van der Waals surface area contributed by atoms with Crippen LogP contribution in [0.3, 0.4) is 0 Å². The van der Waals surface area contributed by atoms with Crippen molar-refractivity contribution in [3.63, 3.8) is 0 Å². The zero-order chi connectivity index (χ0) is 45.7. The fourth-order valence-electron chi connectivity index (χ4n) is 7.40. The standard InChI is InChI=1S/2C24H22N2O5S2/c2*1-29-19-9-4-2-7-17(19)23(24-25-18-8-3-5-10-22(18)32-24)26-33(27,28)16-11-12-20-21(15-16)31-14-6-13-30-20/h2*2-5,7-12,15,23,26H,6,13-14H2,1H3/t2*23-/m10/s1. The van der Waals surface area contributed by atoms with Crippen LogP contribution < -0.4 is 37.9 Å². The molecule has 0 saturated heterocycles. The molecular formula is C48H44N4O10S4. The van der Waals surface area contributed by atoms with Gasteiger partial charge in [0.1, 0.15) is 33.6 Å². The van der Waals surface area contributed by atoms with E-state index in [1.165, 1.54) is 46.9 Å². The van der Waals surface area contributed by atoms with E-state index in [0.29, 0.717) is 82.1 Å². The predicted octanol–water partition coefficient (Wildman–Crippen LogP) is 9.07. The van der Waals surface area contributed by atoms with Gasteiger partial charge in [0.05, 0.1) is 70.9 Å². The summed E-state index contributed by atoms with van der Waals surface area (Å²) in [6, 6.07) is 37.9. The highest BCUT2D eigenvalue weighted by atomic mass is 32.2. The van der Waals surface area contributed by atoms with Crippen LogP contribution >= 0.6 is 22.7 Å². The summed E-state index contributed by atoms with van der Waals surface area (Å²) in [6.45, 7) is 2.01. The van der Waals surface area contributed by atoms with Crippen LogP contribution in [0.1, 0.15) is 46.1 Å². The Hall–Kier alpha value is -6.28. The van der Waals surface area contributed by atoms with Gasteiger partial charge in [-0.25, -0.2) is 26.8 Å². The highest BCUT2D eigenvalue weighted by Crippen LogP contribution is 2.39. The molecule has 0 unspecified atom stereocenters. The van der Waals surface area contributed by atoms with Crippen molar-refractivity contribution in [3.8, 4) is 34.5 Å². The molecule has 6 aromatic carbocycles. The number of nitrogens with one attached hydrogen (secondary N) is 2. The second kappa shape index (κ2) is 19.7. The number of hydrogen-bond acceptors (Lipinski definition) is 14. The lowest BCUT2D eigenvalue weighted by molar-refractivity contribution is 0.296. The van der Waals surface area contributed by atoms with E-state index >= 15 is 0 Å². The molecule has 2 aliphatic rings. The molecule has 0 saturated carbocycles. The van der Waals surface area contributed by atoms with Gasteiger partial charge in [-0.2, -0.15) is 9.44 Å². The number of ether oxygens (including phenoxy) is 6. The first kappa shape index (κ1) is 44.9. The van der Waals surface area contributed by atoms with E-state index in [2.05, 4.69) is 9.44 Å². The number of para-hydroxylation sites is 4. The van der Waals surface area contributed by atoms with E-state index < -0.39 is 32.1 Å². The third-order valence-electron chi connectivity index (χ3n) is 10.6. The van der Waals surface area contributed by atoms with Crippen molar-refractivity contribution >= 4 is 63.2 Å². The van der Waals surface area contributed by atoms with Crippen molar-refractivity contribution in [2.45, 2.75) is 34.7 Å². The van der Waals surface area contributed by atoms with E-state index in [1.807, 2.05) is 84.9 Å². The van der Waals surface area contributed by atoms with Gasteiger partial charge >= 0.3 is 0 Å². The first-order chi connectivity index (χ1) is 32.1. The minimum Gasteiger partial charge on any atom is -0.496 e. The minimum absolute atomic E-state index is 0.0905. The number of methoxy groups -OCH3 is 2. The molecule has 0 bridgehead atoms. The number of benzene rings is 6. The number of hydrogen-bond donors (Lipinski definition) is 2. The summed E-state index contributed by atoms with van der Waals surface area (Å²) in [6.07, 6.45) is 1.48. The third-order valence-corrected chi connectivity index (χ3v) is 15.7. The molecule has 66 heavy (non-hydrogen) atoms. The molecule has 4 heterocycles. The predicted molar refractivity (Wildman–Crippen MR) is 254 cm³/mol. The van der Waals surface area contributed by atoms with Gasteiger partial charge in [-0.3, -0.25) is 0 Å². The largest absolute Gasteiger partial charge is 0.496 e. The summed E-state index contributed by atoms with van der Waals surface area (Å²) in [5.74, 6) is 3.07. The van der Waals surface area contributed by atoms with Crippen LogP contribution in [0, 0.1) is 0 Å². The van der Waals surface area contributed by atoms with E-state index in [0.717, 1.165) is 33.3 Å². The topological polar surface area (TPSA) is 174 Å². The van der Waals surface area contributed by atoms with Gasteiger partial charge in [0.2, 0.25) is 20.0 Å². The maximum absolute atomic E-state index is 13.5. The number of rotatable bonds is 12. The average Bonchev–Trinajstić information content (AvgIpc) is 3.80. The average molecular weight is 965 g/mol. The monoisotopic (exact) mass is 964 g/mol. The Labute approximate surface area is 390 Å². The molecule has 0 spiro atoms. The van der Waals surface area contributed by atoms with Crippen molar-refractivity contribution in [2.75, 3.05) is 40.6 Å². The van der Waals surface area contributed by atoms with Crippen molar-refractivity contribution in [3.05, 3.63) is 155 Å². The fourth-order valence-corrected chi connectivity index (χ4v) is 12.0. The maximum atomic E-state index is 13.5. The van der Waals surface area contributed by atoms with Gasteiger partial charge in [-0.05, 0) is 60.7 Å². The Morgan fingerprint density at radius 3 is 1.29 bits per heavy atom. The van der Waals surface area contributed by atoms with Gasteiger partial charge in [0, 0.05) is 36.1 Å². The number of thiazole rings is 2. The summed E-state index contributed by atoms with van der Waals surface area (Å²) in [4.78, 5) is 9.61. The van der Waals surface area contributed by atoms with Gasteiger partial charge < -0.3 is 28.4 Å². The zero-order valence-corrected chi connectivity index (χ0v) is 39.0. The molecule has 0 radical (unpaired) electrons. The van der Waals surface area contributed by atoms with Crippen molar-refractivity contribution in [1.29, 1.82) is 0 Å². The normalized spacial score (nSPS) is 14.6. The summed E-state index contributed by atoms with van der Waals surface area (Å²) in [7, 11) is -4.75. The molecule has 0 aliphatic carbocycles. The second-order valence-corrected chi connectivity index (χ2v) is 20.5. The molecule has 14 nitrogen and oxygen atoms in total. The third kappa shape index (κ3) is 9.79. The van der Waals surface area contributed by atoms with E-state index in [9.17, 15) is 16.8 Å². The molecule has 8 aromatic rings.